The fourth-order valence-electron chi connectivity index (χ4n) is 3.18. The van der Waals surface area contributed by atoms with Gasteiger partial charge in [0, 0.05) is 31.2 Å². The van der Waals surface area contributed by atoms with Crippen molar-refractivity contribution in [1.29, 1.82) is 0 Å². The molecule has 4 rings (SSSR count). The standard InChI is InChI=1S/C23H12Cl4O/c24-15-7-5-13(21(26)11-15)9-19-17-3-1-2-4-18(17)20(23(19)28)10-14-6-8-16(25)12-22(14)27/h1-12H/b19-9+,20-10+. The zero-order valence-corrected chi connectivity index (χ0v) is 17.4. The van der Waals surface area contributed by atoms with Gasteiger partial charge in [-0.3, -0.25) is 4.79 Å². The Bertz CT molecular complexity index is 1080. The van der Waals surface area contributed by atoms with Crippen molar-refractivity contribution >= 4 is 75.5 Å². The van der Waals surface area contributed by atoms with Crippen molar-refractivity contribution < 1.29 is 4.79 Å². The van der Waals surface area contributed by atoms with Crippen LogP contribution in [0, 0.1) is 0 Å². The molecule has 0 aliphatic heterocycles. The number of allylic oxidation sites excluding steroid dienone is 2. The Morgan fingerprint density at radius 2 is 1.04 bits per heavy atom. The van der Waals surface area contributed by atoms with Crippen LogP contribution in [0.3, 0.4) is 0 Å². The molecule has 0 atom stereocenters. The van der Waals surface area contributed by atoms with E-state index < -0.39 is 0 Å². The van der Waals surface area contributed by atoms with Gasteiger partial charge in [-0.15, -0.1) is 0 Å². The molecule has 138 valence electrons. The van der Waals surface area contributed by atoms with Crippen LogP contribution in [0.15, 0.2) is 60.7 Å². The van der Waals surface area contributed by atoms with Crippen molar-refractivity contribution in [3.8, 4) is 0 Å². The molecule has 3 aromatic rings. The zero-order chi connectivity index (χ0) is 19.8. The normalized spacial score (nSPS) is 16.1. The first-order valence-corrected chi connectivity index (χ1v) is 9.93. The number of carbonyl (C=O) groups is 1. The summed E-state index contributed by atoms with van der Waals surface area (Å²) < 4.78 is 0. The lowest BCUT2D eigenvalue weighted by molar-refractivity contribution is -0.108. The highest BCUT2D eigenvalue weighted by Gasteiger charge is 2.29. The van der Waals surface area contributed by atoms with E-state index in [0.717, 1.165) is 22.3 Å². The van der Waals surface area contributed by atoms with Crippen molar-refractivity contribution in [2.24, 2.45) is 0 Å². The molecule has 1 nitrogen and oxygen atoms in total. The van der Waals surface area contributed by atoms with E-state index >= 15 is 0 Å². The molecule has 0 N–H and O–H groups in total. The van der Waals surface area contributed by atoms with Crippen LogP contribution in [0.4, 0.5) is 0 Å². The van der Waals surface area contributed by atoms with Gasteiger partial charge in [0.15, 0.2) is 5.78 Å². The maximum absolute atomic E-state index is 13.3. The first-order chi connectivity index (χ1) is 13.4. The molecule has 0 saturated heterocycles. The number of ketones is 1. The number of hydrogen-bond donors (Lipinski definition) is 0. The minimum Gasteiger partial charge on any atom is -0.289 e. The topological polar surface area (TPSA) is 17.1 Å². The molecule has 0 amide bonds. The molecule has 5 heteroatoms. The van der Waals surface area contributed by atoms with Gasteiger partial charge in [-0.2, -0.15) is 0 Å². The minimum absolute atomic E-state index is 0.0850. The van der Waals surface area contributed by atoms with E-state index in [9.17, 15) is 4.79 Å². The molecule has 1 aliphatic rings. The molecule has 0 bridgehead atoms. The van der Waals surface area contributed by atoms with Crippen molar-refractivity contribution in [2.75, 3.05) is 0 Å². The number of halogens is 4. The average molecular weight is 446 g/mol. The van der Waals surface area contributed by atoms with Gasteiger partial charge < -0.3 is 0 Å². The van der Waals surface area contributed by atoms with Gasteiger partial charge in [0.1, 0.15) is 0 Å². The molecule has 0 spiro atoms. The molecule has 1 aliphatic carbocycles. The van der Waals surface area contributed by atoms with Crippen LogP contribution >= 0.6 is 46.4 Å². The van der Waals surface area contributed by atoms with Crippen LogP contribution < -0.4 is 0 Å². The Morgan fingerprint density at radius 3 is 1.43 bits per heavy atom. The van der Waals surface area contributed by atoms with E-state index in [1.165, 1.54) is 0 Å². The lowest BCUT2D eigenvalue weighted by Crippen LogP contribution is -1.94. The molecule has 28 heavy (non-hydrogen) atoms. The second kappa shape index (κ2) is 7.77. The van der Waals surface area contributed by atoms with Crippen molar-refractivity contribution in [1.82, 2.24) is 0 Å². The first-order valence-electron chi connectivity index (χ1n) is 8.42. The van der Waals surface area contributed by atoms with E-state index in [2.05, 4.69) is 0 Å². The summed E-state index contributed by atoms with van der Waals surface area (Å²) in [5.74, 6) is -0.0850. The summed E-state index contributed by atoms with van der Waals surface area (Å²) >= 11 is 24.6. The number of hydrogen-bond acceptors (Lipinski definition) is 1. The number of rotatable bonds is 2. The van der Waals surface area contributed by atoms with Gasteiger partial charge in [-0.25, -0.2) is 0 Å². The molecule has 0 heterocycles. The maximum atomic E-state index is 13.3. The predicted molar refractivity (Wildman–Crippen MR) is 120 cm³/mol. The molecular weight excluding hydrogens is 434 g/mol. The van der Waals surface area contributed by atoms with Crippen LogP contribution in [-0.2, 0) is 4.79 Å². The van der Waals surface area contributed by atoms with Gasteiger partial charge >= 0.3 is 0 Å². The van der Waals surface area contributed by atoms with Crippen LogP contribution in [0.25, 0.3) is 23.3 Å². The van der Waals surface area contributed by atoms with Crippen molar-refractivity contribution in [3.63, 3.8) is 0 Å². The minimum atomic E-state index is -0.0850. The summed E-state index contributed by atoms with van der Waals surface area (Å²) in [7, 11) is 0. The van der Waals surface area contributed by atoms with Gasteiger partial charge in [-0.1, -0.05) is 82.8 Å². The van der Waals surface area contributed by atoms with E-state index in [1.807, 2.05) is 24.3 Å². The molecule has 0 fully saturated rings. The second-order valence-electron chi connectivity index (χ2n) is 6.32. The highest BCUT2D eigenvalue weighted by Crippen LogP contribution is 2.41. The Balaban J connectivity index is 1.87. The number of Topliss-reactive ketones (excluding diaryl/α,β-unsaturated/α-hetero) is 1. The van der Waals surface area contributed by atoms with E-state index in [-0.39, 0.29) is 5.78 Å². The average Bonchev–Trinajstić information content (AvgIpc) is 2.92. The Labute approximate surface area is 182 Å². The van der Waals surface area contributed by atoms with Crippen LogP contribution in [-0.4, -0.2) is 5.78 Å². The van der Waals surface area contributed by atoms with Crippen LogP contribution in [0.1, 0.15) is 22.3 Å². The molecule has 0 saturated carbocycles. The number of benzene rings is 3. The third-order valence-electron chi connectivity index (χ3n) is 4.52. The van der Waals surface area contributed by atoms with Crippen LogP contribution in [0.2, 0.25) is 20.1 Å². The summed E-state index contributed by atoms with van der Waals surface area (Å²) in [6, 6.07) is 18.1. The smallest absolute Gasteiger partial charge is 0.194 e. The molecule has 3 aromatic carbocycles. The third-order valence-corrected chi connectivity index (χ3v) is 5.65. The lowest BCUT2D eigenvalue weighted by Gasteiger charge is -2.02. The van der Waals surface area contributed by atoms with E-state index in [4.69, 9.17) is 46.4 Å². The molecule has 0 radical (unpaired) electrons. The number of fused-ring (bicyclic) bond motifs is 1. The van der Waals surface area contributed by atoms with E-state index in [1.54, 1.807) is 48.6 Å². The summed E-state index contributed by atoms with van der Waals surface area (Å²) in [4.78, 5) is 13.3. The molecule has 0 aromatic heterocycles. The van der Waals surface area contributed by atoms with Crippen LogP contribution in [0.5, 0.6) is 0 Å². The quantitative estimate of drug-likeness (QED) is 0.365. The maximum Gasteiger partial charge on any atom is 0.194 e. The van der Waals surface area contributed by atoms with Gasteiger partial charge in [0.2, 0.25) is 0 Å². The summed E-state index contributed by atoms with van der Waals surface area (Å²) in [6.45, 7) is 0. The number of carbonyl (C=O) groups excluding carboxylic acids is 1. The monoisotopic (exact) mass is 444 g/mol. The molecule has 0 unspecified atom stereocenters. The Kier molecular flexibility index (Phi) is 5.35. The van der Waals surface area contributed by atoms with Crippen molar-refractivity contribution in [3.05, 3.63) is 103 Å². The van der Waals surface area contributed by atoms with Gasteiger partial charge in [-0.05, 0) is 58.7 Å². The summed E-state index contributed by atoms with van der Waals surface area (Å²) in [5.41, 5.74) is 4.34. The fraction of sp³-hybridized carbons (Fsp3) is 0. The zero-order valence-electron chi connectivity index (χ0n) is 14.3. The summed E-state index contributed by atoms with van der Waals surface area (Å²) in [6.07, 6.45) is 3.59. The van der Waals surface area contributed by atoms with Gasteiger partial charge in [0.25, 0.3) is 0 Å². The SMILES string of the molecule is O=C1/C(=C/c2ccc(Cl)cc2Cl)c2ccccc2/C1=C\c1ccc(Cl)cc1Cl. The highest BCUT2D eigenvalue weighted by molar-refractivity contribution is 6.52. The highest BCUT2D eigenvalue weighted by atomic mass is 35.5. The summed E-state index contributed by atoms with van der Waals surface area (Å²) in [5, 5.41) is 2.07. The predicted octanol–water partition coefficient (Wildman–Crippen LogP) is 7.96. The van der Waals surface area contributed by atoms with Crippen molar-refractivity contribution in [2.45, 2.75) is 0 Å². The Morgan fingerprint density at radius 1 is 0.607 bits per heavy atom. The molecular formula is C23H12Cl4O. The Hall–Kier alpha value is -2.03. The lowest BCUT2D eigenvalue weighted by atomic mass is 10.0. The first kappa shape index (κ1) is 19.3. The van der Waals surface area contributed by atoms with E-state index in [0.29, 0.717) is 31.2 Å². The van der Waals surface area contributed by atoms with Gasteiger partial charge in [0.05, 0.1) is 0 Å². The largest absolute Gasteiger partial charge is 0.289 e. The third kappa shape index (κ3) is 3.64. The fourth-order valence-corrected chi connectivity index (χ4v) is 4.10. The second-order valence-corrected chi connectivity index (χ2v) is 8.01.